The number of carbonyl (C=O) groups is 1. The van der Waals surface area contributed by atoms with E-state index < -0.39 is 0 Å². The molecular formula is C5H9N5O. The maximum absolute atomic E-state index is 10.5. The molecule has 1 heterocycles. The van der Waals surface area contributed by atoms with E-state index in [1.165, 1.54) is 0 Å². The Bertz CT molecular complexity index is 198. The summed E-state index contributed by atoms with van der Waals surface area (Å²) in [6.07, 6.45) is -0.137. The summed E-state index contributed by atoms with van der Waals surface area (Å²) in [7, 11) is 0. The summed E-state index contributed by atoms with van der Waals surface area (Å²) in [6, 6.07) is 1.22. The highest BCUT2D eigenvalue weighted by Gasteiger charge is 2.24. The molecule has 0 saturated carbocycles. The summed E-state index contributed by atoms with van der Waals surface area (Å²) in [6.45, 7) is 0. The fourth-order valence-electron chi connectivity index (χ4n) is 0.794. The molecule has 1 fully saturated rings. The van der Waals surface area contributed by atoms with Gasteiger partial charge in [0.2, 0.25) is 0 Å². The average molecular weight is 155 g/mol. The second kappa shape index (κ2) is 3.18. The molecule has 1 rings (SSSR count). The molecule has 1 aliphatic heterocycles. The van der Waals surface area contributed by atoms with E-state index in [9.17, 15) is 4.79 Å². The van der Waals surface area contributed by atoms with Gasteiger partial charge in [-0.2, -0.15) is 5.26 Å². The normalized spacial score (nSPS) is 25.1. The average Bonchev–Trinajstić information content (AvgIpc) is 2.36. The molecule has 0 aromatic carbocycles. The zero-order valence-electron chi connectivity index (χ0n) is 5.79. The summed E-state index contributed by atoms with van der Waals surface area (Å²) < 4.78 is 0. The molecular weight excluding hydrogens is 146 g/mol. The Labute approximate surface area is 63.7 Å². The third-order valence-corrected chi connectivity index (χ3v) is 1.38. The largest absolute Gasteiger partial charge is 0.330 e. The van der Waals surface area contributed by atoms with Gasteiger partial charge in [-0.15, -0.1) is 0 Å². The first-order valence-corrected chi connectivity index (χ1v) is 3.18. The Hall–Kier alpha value is -1.32. The van der Waals surface area contributed by atoms with Crippen LogP contribution in [0.2, 0.25) is 0 Å². The Morgan fingerprint density at radius 2 is 2.55 bits per heavy atom. The number of rotatable bonds is 2. The zero-order valence-corrected chi connectivity index (χ0v) is 5.79. The van der Waals surface area contributed by atoms with Gasteiger partial charge in [-0.3, -0.25) is 5.43 Å². The maximum Gasteiger partial charge on any atom is 0.330 e. The highest BCUT2D eigenvalue weighted by atomic mass is 16.2. The first-order chi connectivity index (χ1) is 5.24. The van der Waals surface area contributed by atoms with Crippen LogP contribution in [0.15, 0.2) is 0 Å². The second-order valence-electron chi connectivity index (χ2n) is 2.25. The van der Waals surface area contributed by atoms with E-state index in [0.717, 1.165) is 0 Å². The number of amides is 2. The lowest BCUT2D eigenvalue weighted by Gasteiger charge is -2.14. The molecule has 5 N–H and O–H groups in total. The van der Waals surface area contributed by atoms with Gasteiger partial charge in [0.25, 0.3) is 0 Å². The van der Waals surface area contributed by atoms with Crippen LogP contribution in [-0.4, -0.2) is 18.2 Å². The highest BCUT2D eigenvalue weighted by molar-refractivity contribution is 5.75. The van der Waals surface area contributed by atoms with Crippen LogP contribution in [0, 0.1) is 11.3 Å². The maximum atomic E-state index is 10.5. The molecule has 2 atom stereocenters. The van der Waals surface area contributed by atoms with Crippen LogP contribution >= 0.6 is 0 Å². The number of hydrogen-bond acceptors (Lipinski definition) is 4. The molecule has 0 spiro atoms. The molecule has 6 heteroatoms. The molecule has 2 amide bonds. The first kappa shape index (κ1) is 7.78. The fourth-order valence-corrected chi connectivity index (χ4v) is 0.794. The predicted molar refractivity (Wildman–Crippen MR) is 36.8 cm³/mol. The Morgan fingerprint density at radius 1 is 1.82 bits per heavy atom. The van der Waals surface area contributed by atoms with Gasteiger partial charge < -0.3 is 11.1 Å². The molecule has 1 aliphatic rings. The quantitative estimate of drug-likeness (QED) is 0.384. The molecule has 2 unspecified atom stereocenters. The molecule has 60 valence electrons. The molecule has 0 bridgehead atoms. The van der Waals surface area contributed by atoms with Crippen molar-refractivity contribution < 1.29 is 4.79 Å². The number of carbonyl (C=O) groups excluding carboxylic acids is 1. The van der Waals surface area contributed by atoms with Crippen LogP contribution in [0.1, 0.15) is 6.42 Å². The van der Waals surface area contributed by atoms with Crippen molar-refractivity contribution in [3.8, 4) is 6.07 Å². The zero-order chi connectivity index (χ0) is 8.27. The van der Waals surface area contributed by atoms with Crippen LogP contribution in [0.5, 0.6) is 0 Å². The lowest BCUT2D eigenvalue weighted by Crippen LogP contribution is -2.48. The van der Waals surface area contributed by atoms with Crippen molar-refractivity contribution in [2.45, 2.75) is 18.6 Å². The van der Waals surface area contributed by atoms with Crippen molar-refractivity contribution >= 4 is 6.03 Å². The number of nitrogens with zero attached hydrogens (tertiary/aromatic N) is 1. The van der Waals surface area contributed by atoms with Gasteiger partial charge in [0.1, 0.15) is 6.17 Å². The fraction of sp³-hybridized carbons (Fsp3) is 0.600. The molecule has 6 nitrogen and oxygen atoms in total. The summed E-state index contributed by atoms with van der Waals surface area (Å²) in [5.41, 5.74) is 10.4. The van der Waals surface area contributed by atoms with E-state index in [-0.39, 0.29) is 24.7 Å². The van der Waals surface area contributed by atoms with E-state index in [0.29, 0.717) is 0 Å². The Morgan fingerprint density at radius 3 is 3.00 bits per heavy atom. The highest BCUT2D eigenvalue weighted by Crippen LogP contribution is 1.94. The van der Waals surface area contributed by atoms with Crippen LogP contribution in [0.4, 0.5) is 4.79 Å². The number of nitriles is 1. The summed E-state index contributed by atoms with van der Waals surface area (Å²) in [5.74, 6) is 0. The molecule has 0 aromatic heterocycles. The lowest BCUT2D eigenvalue weighted by atomic mass is 10.2. The van der Waals surface area contributed by atoms with E-state index in [2.05, 4.69) is 16.2 Å². The predicted octanol–water partition coefficient (Wildman–Crippen LogP) is -1.63. The SMILES string of the molecule is N#CCC(N)C1NNC(=O)N1. The Balaban J connectivity index is 2.37. The van der Waals surface area contributed by atoms with Crippen molar-refractivity contribution in [2.75, 3.05) is 0 Å². The van der Waals surface area contributed by atoms with Crippen LogP contribution in [0.3, 0.4) is 0 Å². The molecule has 0 radical (unpaired) electrons. The summed E-state index contributed by atoms with van der Waals surface area (Å²) in [4.78, 5) is 10.5. The number of nitrogens with one attached hydrogen (secondary N) is 3. The summed E-state index contributed by atoms with van der Waals surface area (Å²) >= 11 is 0. The second-order valence-corrected chi connectivity index (χ2v) is 2.25. The van der Waals surface area contributed by atoms with Crippen molar-refractivity contribution in [2.24, 2.45) is 5.73 Å². The molecule has 11 heavy (non-hydrogen) atoms. The van der Waals surface area contributed by atoms with Gasteiger partial charge in [-0.25, -0.2) is 10.2 Å². The Kier molecular flexibility index (Phi) is 2.25. The van der Waals surface area contributed by atoms with Gasteiger partial charge >= 0.3 is 6.03 Å². The van der Waals surface area contributed by atoms with Crippen molar-refractivity contribution in [3.63, 3.8) is 0 Å². The number of urea groups is 1. The minimum Gasteiger partial charge on any atom is -0.324 e. The molecule has 1 saturated heterocycles. The van der Waals surface area contributed by atoms with Crippen molar-refractivity contribution in [1.82, 2.24) is 16.2 Å². The third kappa shape index (κ3) is 1.80. The minimum atomic E-state index is -0.376. The molecule has 0 aromatic rings. The van der Waals surface area contributed by atoms with Gasteiger partial charge in [-0.1, -0.05) is 0 Å². The van der Waals surface area contributed by atoms with Gasteiger partial charge in [0, 0.05) is 0 Å². The third-order valence-electron chi connectivity index (χ3n) is 1.38. The van der Waals surface area contributed by atoms with Crippen LogP contribution in [-0.2, 0) is 0 Å². The number of hydrogen-bond donors (Lipinski definition) is 4. The van der Waals surface area contributed by atoms with E-state index in [1.807, 2.05) is 6.07 Å². The van der Waals surface area contributed by atoms with E-state index >= 15 is 0 Å². The first-order valence-electron chi connectivity index (χ1n) is 3.18. The monoisotopic (exact) mass is 155 g/mol. The smallest absolute Gasteiger partial charge is 0.324 e. The minimum absolute atomic E-state index is 0.208. The lowest BCUT2D eigenvalue weighted by molar-refractivity contribution is 0.246. The summed E-state index contributed by atoms with van der Waals surface area (Å²) in [5, 5.41) is 10.8. The topological polar surface area (TPSA) is 103 Å². The van der Waals surface area contributed by atoms with E-state index in [4.69, 9.17) is 11.0 Å². The van der Waals surface area contributed by atoms with Gasteiger partial charge in [-0.05, 0) is 0 Å². The number of hydrazine groups is 1. The van der Waals surface area contributed by atoms with Crippen LogP contribution < -0.4 is 21.9 Å². The molecule has 0 aliphatic carbocycles. The van der Waals surface area contributed by atoms with Gasteiger partial charge in [0.15, 0.2) is 0 Å². The van der Waals surface area contributed by atoms with Crippen molar-refractivity contribution in [3.05, 3.63) is 0 Å². The van der Waals surface area contributed by atoms with Crippen LogP contribution in [0.25, 0.3) is 0 Å². The standard InChI is InChI=1S/C5H9N5O/c6-2-1-3(7)4-8-5(11)10-9-4/h3-4,9H,1,7H2,(H2,8,10,11). The number of nitrogens with two attached hydrogens (primary N) is 1. The van der Waals surface area contributed by atoms with Gasteiger partial charge in [0.05, 0.1) is 18.5 Å². The van der Waals surface area contributed by atoms with E-state index in [1.54, 1.807) is 0 Å². The van der Waals surface area contributed by atoms with Crippen molar-refractivity contribution in [1.29, 1.82) is 5.26 Å².